The zero-order valence-corrected chi connectivity index (χ0v) is 34.7. The highest BCUT2D eigenvalue weighted by molar-refractivity contribution is 7.26. The Kier molecular flexibility index (Phi) is 8.01. The van der Waals surface area contributed by atoms with Crippen molar-refractivity contribution >= 4 is 75.1 Å². The van der Waals surface area contributed by atoms with Gasteiger partial charge < -0.3 is 9.13 Å². The summed E-state index contributed by atoms with van der Waals surface area (Å²) in [6.45, 7) is 0. The van der Waals surface area contributed by atoms with Gasteiger partial charge in [0.1, 0.15) is 0 Å². The van der Waals surface area contributed by atoms with E-state index in [2.05, 4.69) is 185 Å². The summed E-state index contributed by atoms with van der Waals surface area (Å²) in [6.07, 6.45) is 0. The van der Waals surface area contributed by atoms with E-state index in [1.807, 2.05) is 36.4 Å². The number of hydrogen-bond donors (Lipinski definition) is 0. The van der Waals surface area contributed by atoms with E-state index in [1.54, 1.807) is 11.3 Å². The molecular weight excluding hydrogens is 787 g/mol. The predicted molar refractivity (Wildman–Crippen MR) is 263 cm³/mol. The summed E-state index contributed by atoms with van der Waals surface area (Å²) in [6, 6.07) is 75.6. The second kappa shape index (κ2) is 14.2. The summed E-state index contributed by atoms with van der Waals surface area (Å²) >= 11 is 1.80. The third-order valence-corrected chi connectivity index (χ3v) is 13.6. The maximum Gasteiger partial charge on any atom is 0.165 e. The lowest BCUT2D eigenvalue weighted by atomic mass is 10.0. The minimum Gasteiger partial charge on any atom is -0.309 e. The Morgan fingerprint density at radius 2 is 0.857 bits per heavy atom. The molecule has 0 radical (unpaired) electrons. The molecule has 0 aliphatic carbocycles. The van der Waals surface area contributed by atoms with Crippen LogP contribution in [0.2, 0.25) is 0 Å². The van der Waals surface area contributed by atoms with E-state index in [9.17, 15) is 0 Å². The van der Waals surface area contributed by atoms with Crippen LogP contribution in [0.15, 0.2) is 212 Å². The molecule has 9 aromatic carbocycles. The molecule has 0 N–H and O–H groups in total. The highest BCUT2D eigenvalue weighted by Gasteiger charge is 2.25. The van der Waals surface area contributed by atoms with Gasteiger partial charge in [0, 0.05) is 64.1 Å². The maximum atomic E-state index is 5.22. The summed E-state index contributed by atoms with van der Waals surface area (Å²) in [5.41, 5.74) is 12.2. The third-order valence-electron chi connectivity index (χ3n) is 12.4. The van der Waals surface area contributed by atoms with Crippen molar-refractivity contribution in [2.75, 3.05) is 0 Å². The molecule has 0 aliphatic rings. The minimum absolute atomic E-state index is 0.646. The molecule has 0 saturated carbocycles. The van der Waals surface area contributed by atoms with Gasteiger partial charge in [-0.2, -0.15) is 0 Å². The largest absolute Gasteiger partial charge is 0.309 e. The Bertz CT molecular complexity index is 3830. The van der Waals surface area contributed by atoms with E-state index < -0.39 is 0 Å². The zero-order chi connectivity index (χ0) is 41.4. The molecule has 294 valence electrons. The normalized spacial score (nSPS) is 11.8. The molecule has 0 spiro atoms. The smallest absolute Gasteiger partial charge is 0.165 e. The van der Waals surface area contributed by atoms with E-state index in [0.29, 0.717) is 17.5 Å². The molecular formula is C57H35N5S. The van der Waals surface area contributed by atoms with Gasteiger partial charge in [-0.1, -0.05) is 152 Å². The standard InChI is InChI=1S/C57H35N5S/c1-5-17-36(18-6-1)39-29-31-46-44(35-39)52-48(34-33-47-51(52)41-25-13-15-27-45(41)61(47)40-23-11-4-12-24-40)62(46)49-32-30-43(54-53(49)42-26-14-16-28-50(42)63-54)57-59-55(37-19-7-2-8-20-37)58-56(60-57)38-21-9-3-10-22-38/h1-35H. The molecule has 13 rings (SSSR count). The molecule has 6 heteroatoms. The number of nitrogens with zero attached hydrogens (tertiary/aromatic N) is 5. The minimum atomic E-state index is 0.646. The van der Waals surface area contributed by atoms with E-state index in [-0.39, 0.29) is 0 Å². The van der Waals surface area contributed by atoms with Crippen LogP contribution >= 0.6 is 11.3 Å². The van der Waals surface area contributed by atoms with E-state index in [4.69, 9.17) is 15.0 Å². The maximum absolute atomic E-state index is 5.22. The Morgan fingerprint density at radius 3 is 1.56 bits per heavy atom. The molecule has 0 atom stereocenters. The predicted octanol–water partition coefficient (Wildman–Crippen LogP) is 15.1. The summed E-state index contributed by atoms with van der Waals surface area (Å²) in [5, 5.41) is 7.30. The van der Waals surface area contributed by atoms with Crippen molar-refractivity contribution in [3.8, 4) is 56.7 Å². The second-order valence-corrected chi connectivity index (χ2v) is 17.0. The van der Waals surface area contributed by atoms with Crippen LogP contribution in [-0.4, -0.2) is 24.1 Å². The van der Waals surface area contributed by atoms with E-state index in [0.717, 1.165) is 43.8 Å². The van der Waals surface area contributed by atoms with Crippen molar-refractivity contribution in [2.24, 2.45) is 0 Å². The van der Waals surface area contributed by atoms with Gasteiger partial charge >= 0.3 is 0 Å². The zero-order valence-electron chi connectivity index (χ0n) is 33.9. The lowest BCUT2D eigenvalue weighted by Gasteiger charge is -2.14. The Morgan fingerprint density at radius 1 is 0.333 bits per heavy atom. The average Bonchev–Trinajstić information content (AvgIpc) is 4.03. The average molecular weight is 822 g/mol. The molecule has 0 saturated heterocycles. The second-order valence-electron chi connectivity index (χ2n) is 15.9. The van der Waals surface area contributed by atoms with Crippen molar-refractivity contribution in [1.29, 1.82) is 0 Å². The van der Waals surface area contributed by atoms with Crippen LogP contribution in [0.5, 0.6) is 0 Å². The first kappa shape index (κ1) is 35.6. The van der Waals surface area contributed by atoms with Gasteiger partial charge in [-0.15, -0.1) is 11.3 Å². The van der Waals surface area contributed by atoms with Crippen LogP contribution in [0, 0.1) is 0 Å². The summed E-state index contributed by atoms with van der Waals surface area (Å²) in [5.74, 6) is 1.94. The van der Waals surface area contributed by atoms with Gasteiger partial charge in [-0.3, -0.25) is 0 Å². The lowest BCUT2D eigenvalue weighted by molar-refractivity contribution is 1.08. The quantitative estimate of drug-likeness (QED) is 0.168. The molecule has 0 fully saturated rings. The topological polar surface area (TPSA) is 48.5 Å². The van der Waals surface area contributed by atoms with Crippen LogP contribution in [0.3, 0.4) is 0 Å². The van der Waals surface area contributed by atoms with E-state index in [1.165, 1.54) is 59.2 Å². The lowest BCUT2D eigenvalue weighted by Crippen LogP contribution is -2.01. The number of benzene rings is 9. The van der Waals surface area contributed by atoms with Crippen molar-refractivity contribution in [3.05, 3.63) is 212 Å². The number of rotatable bonds is 6. The van der Waals surface area contributed by atoms with Crippen LogP contribution in [-0.2, 0) is 0 Å². The first-order valence-corrected chi connectivity index (χ1v) is 22.0. The number of hydrogen-bond acceptors (Lipinski definition) is 4. The number of thiophene rings is 1. The molecule has 0 amide bonds. The number of para-hydroxylation sites is 2. The first-order valence-electron chi connectivity index (χ1n) is 21.2. The fourth-order valence-electron chi connectivity index (χ4n) is 9.60. The summed E-state index contributed by atoms with van der Waals surface area (Å²) in [4.78, 5) is 15.5. The molecule has 13 aromatic rings. The molecule has 0 aliphatic heterocycles. The van der Waals surface area contributed by atoms with Crippen LogP contribution < -0.4 is 0 Å². The fourth-order valence-corrected chi connectivity index (χ4v) is 10.8. The van der Waals surface area contributed by atoms with Gasteiger partial charge in [0.25, 0.3) is 0 Å². The van der Waals surface area contributed by atoms with Crippen molar-refractivity contribution in [2.45, 2.75) is 0 Å². The van der Waals surface area contributed by atoms with Gasteiger partial charge in [-0.05, 0) is 71.8 Å². The molecule has 0 unspecified atom stereocenters. The summed E-state index contributed by atoms with van der Waals surface area (Å²) in [7, 11) is 0. The molecule has 4 heterocycles. The Balaban J connectivity index is 1.14. The van der Waals surface area contributed by atoms with Crippen molar-refractivity contribution in [3.63, 3.8) is 0 Å². The van der Waals surface area contributed by atoms with Gasteiger partial charge in [0.15, 0.2) is 17.5 Å². The van der Waals surface area contributed by atoms with Gasteiger partial charge in [0.05, 0.1) is 27.8 Å². The molecule has 4 aromatic heterocycles. The van der Waals surface area contributed by atoms with Gasteiger partial charge in [0.2, 0.25) is 0 Å². The molecule has 5 nitrogen and oxygen atoms in total. The van der Waals surface area contributed by atoms with E-state index >= 15 is 0 Å². The monoisotopic (exact) mass is 821 g/mol. The fraction of sp³-hybridized carbons (Fsp3) is 0. The Hall–Kier alpha value is -8.19. The Labute approximate surface area is 366 Å². The first-order chi connectivity index (χ1) is 31.3. The van der Waals surface area contributed by atoms with Crippen molar-refractivity contribution < 1.29 is 0 Å². The molecule has 63 heavy (non-hydrogen) atoms. The summed E-state index contributed by atoms with van der Waals surface area (Å²) < 4.78 is 7.25. The number of aromatic nitrogens is 5. The van der Waals surface area contributed by atoms with Crippen LogP contribution in [0.25, 0.3) is 120 Å². The van der Waals surface area contributed by atoms with Gasteiger partial charge in [-0.25, -0.2) is 15.0 Å². The highest BCUT2D eigenvalue weighted by Crippen LogP contribution is 2.47. The van der Waals surface area contributed by atoms with Crippen molar-refractivity contribution in [1.82, 2.24) is 24.1 Å². The third kappa shape index (κ3) is 5.59. The highest BCUT2D eigenvalue weighted by atomic mass is 32.1. The van der Waals surface area contributed by atoms with Crippen LogP contribution in [0.4, 0.5) is 0 Å². The number of fused-ring (bicyclic) bond motifs is 10. The van der Waals surface area contributed by atoms with Crippen LogP contribution in [0.1, 0.15) is 0 Å². The SMILES string of the molecule is c1ccc(-c2ccc3c(c2)c2c4c5ccccc5n(-c5ccccc5)c4ccc2n3-c2ccc(-c3nc(-c4ccccc4)nc(-c4ccccc4)n3)c3sc4ccccc4c23)cc1. The molecule has 0 bridgehead atoms.